The lowest BCUT2D eigenvalue weighted by molar-refractivity contribution is 0.796. The van der Waals surface area contributed by atoms with Crippen molar-refractivity contribution in [1.29, 1.82) is 0 Å². The second-order valence-electron chi connectivity index (χ2n) is 19.4. The molecule has 2 nitrogen and oxygen atoms in total. The van der Waals surface area contributed by atoms with Gasteiger partial charge < -0.3 is 9.47 Å². The summed E-state index contributed by atoms with van der Waals surface area (Å²) >= 11 is 0. The van der Waals surface area contributed by atoms with Gasteiger partial charge in [-0.25, -0.2) is 0 Å². The van der Waals surface area contributed by atoms with Crippen molar-refractivity contribution in [3.63, 3.8) is 0 Å². The van der Waals surface area contributed by atoms with Crippen LogP contribution < -0.4 is 4.90 Å². The van der Waals surface area contributed by atoms with Crippen LogP contribution in [-0.2, 0) is 5.41 Å². The van der Waals surface area contributed by atoms with Crippen molar-refractivity contribution in [3.05, 3.63) is 301 Å². The van der Waals surface area contributed by atoms with Gasteiger partial charge in [0.25, 0.3) is 0 Å². The van der Waals surface area contributed by atoms with Crippen molar-refractivity contribution in [3.8, 4) is 61.3 Å². The Kier molecular flexibility index (Phi) is 9.12. The molecule has 2 aliphatic carbocycles. The van der Waals surface area contributed by atoms with Crippen molar-refractivity contribution >= 4 is 49.6 Å². The number of rotatable bonds is 7. The minimum atomic E-state index is -0.506. The molecular formula is C71H44N2. The SMILES string of the molecule is c1ccc(-c2ccc(N(c3ccc(-c4ccc(-n5c6ccccc6c6ccccc65)cc4)cc3)c3cccc(-c4cccc5c4C4(c6ccccc6-5)c5ccccc5-c5c4ccc4ccccc54)c3)cc2)cc#1. The van der Waals surface area contributed by atoms with Crippen molar-refractivity contribution in [1.82, 2.24) is 4.57 Å². The summed E-state index contributed by atoms with van der Waals surface area (Å²) in [6.45, 7) is 0. The maximum absolute atomic E-state index is 3.14. The van der Waals surface area contributed by atoms with Gasteiger partial charge in [0.2, 0.25) is 0 Å². The van der Waals surface area contributed by atoms with Crippen molar-refractivity contribution in [2.75, 3.05) is 4.90 Å². The fourth-order valence-electron chi connectivity index (χ4n) is 12.6. The predicted octanol–water partition coefficient (Wildman–Crippen LogP) is 18.4. The highest BCUT2D eigenvalue weighted by molar-refractivity contribution is 6.10. The number of para-hydroxylation sites is 2. The van der Waals surface area contributed by atoms with Crippen LogP contribution in [0.2, 0.25) is 0 Å². The number of hydrogen-bond donors (Lipinski definition) is 0. The Balaban J connectivity index is 0.863. The minimum absolute atomic E-state index is 0.506. The summed E-state index contributed by atoms with van der Waals surface area (Å²) in [6.07, 6.45) is 0. The first-order valence-electron chi connectivity index (χ1n) is 25.2. The normalized spacial score (nSPS) is 14.0. The van der Waals surface area contributed by atoms with Gasteiger partial charge in [0.15, 0.2) is 0 Å². The maximum atomic E-state index is 3.14. The van der Waals surface area contributed by atoms with Gasteiger partial charge in [0.1, 0.15) is 0 Å². The molecule has 0 amide bonds. The first-order valence-corrected chi connectivity index (χ1v) is 25.2. The molecule has 13 aromatic rings. The molecule has 1 unspecified atom stereocenters. The van der Waals surface area contributed by atoms with Gasteiger partial charge in [-0.2, -0.15) is 0 Å². The van der Waals surface area contributed by atoms with Crippen LogP contribution in [0.3, 0.4) is 0 Å². The maximum Gasteiger partial charge on any atom is 0.0731 e. The zero-order valence-corrected chi connectivity index (χ0v) is 39.8. The van der Waals surface area contributed by atoms with Crippen LogP contribution in [0.15, 0.2) is 267 Å². The average molecular weight is 925 g/mol. The smallest absolute Gasteiger partial charge is 0.0731 e. The fourth-order valence-corrected chi connectivity index (χ4v) is 12.6. The predicted molar refractivity (Wildman–Crippen MR) is 303 cm³/mol. The molecule has 0 bridgehead atoms. The van der Waals surface area contributed by atoms with Crippen LogP contribution in [-0.4, -0.2) is 4.57 Å². The van der Waals surface area contributed by atoms with E-state index in [1.165, 1.54) is 93.8 Å². The second-order valence-corrected chi connectivity index (χ2v) is 19.4. The van der Waals surface area contributed by atoms with Crippen LogP contribution >= 0.6 is 0 Å². The van der Waals surface area contributed by atoms with Crippen LogP contribution in [0, 0.1) is 12.1 Å². The highest BCUT2D eigenvalue weighted by Gasteiger charge is 2.53. The molecule has 0 N–H and O–H groups in total. The summed E-state index contributed by atoms with van der Waals surface area (Å²) in [6, 6.07) is 105. The third-order valence-corrected chi connectivity index (χ3v) is 15.7. The Bertz CT molecular complexity index is 4240. The van der Waals surface area contributed by atoms with Crippen LogP contribution in [0.1, 0.15) is 22.3 Å². The Morgan fingerprint density at radius 3 is 1.60 bits per heavy atom. The monoisotopic (exact) mass is 924 g/mol. The molecule has 15 rings (SSSR count). The highest BCUT2D eigenvalue weighted by atomic mass is 15.1. The van der Waals surface area contributed by atoms with Crippen LogP contribution in [0.4, 0.5) is 17.1 Å². The first kappa shape index (κ1) is 41.1. The Labute approximate surface area is 425 Å². The fraction of sp³-hybridized carbons (Fsp3) is 0.0141. The number of fused-ring (bicyclic) bond motifs is 15. The standard InChI is InChI=1S/C71H44N2/c1-2-16-47(17-3-1)48-32-39-53(40-33-48)72(54-41-34-49(35-42-54)50-36-43-55(44-37-50)73-67-30-12-8-23-60(67)61-24-9-13-31-68(61)73)56-20-14-19-52(46-56)58-26-15-27-62-59-22-6-10-28-64(59)71(70(58)62)65-29-11-7-25-63(65)69-57-21-5-4-18-51(57)38-45-66(69)71/h2,4-46H. The van der Waals surface area contributed by atoms with E-state index in [1.807, 2.05) is 12.1 Å². The van der Waals surface area contributed by atoms with Crippen LogP contribution in [0.25, 0.3) is 93.9 Å². The van der Waals surface area contributed by atoms with E-state index in [2.05, 4.69) is 276 Å². The summed E-state index contributed by atoms with van der Waals surface area (Å²) in [5, 5.41) is 5.08. The minimum Gasteiger partial charge on any atom is -0.310 e. The van der Waals surface area contributed by atoms with E-state index in [0.29, 0.717) is 0 Å². The van der Waals surface area contributed by atoms with E-state index in [1.54, 1.807) is 0 Å². The number of aromatic nitrogens is 1. The quantitative estimate of drug-likeness (QED) is 0.155. The molecule has 2 heteroatoms. The van der Waals surface area contributed by atoms with E-state index in [9.17, 15) is 0 Å². The van der Waals surface area contributed by atoms with Crippen LogP contribution in [0.5, 0.6) is 0 Å². The van der Waals surface area contributed by atoms with Gasteiger partial charge >= 0.3 is 0 Å². The molecule has 1 heterocycles. The van der Waals surface area contributed by atoms with E-state index in [4.69, 9.17) is 0 Å². The number of hydrogen-bond acceptors (Lipinski definition) is 1. The Morgan fingerprint density at radius 1 is 0.342 bits per heavy atom. The Morgan fingerprint density at radius 2 is 0.904 bits per heavy atom. The van der Waals surface area contributed by atoms with Gasteiger partial charge in [-0.15, -0.1) is 0 Å². The van der Waals surface area contributed by atoms with Gasteiger partial charge in [-0.05, 0) is 168 Å². The number of nitrogens with zero attached hydrogens (tertiary/aromatic N) is 2. The molecule has 0 aliphatic heterocycles. The summed E-state index contributed by atoms with van der Waals surface area (Å²) in [4.78, 5) is 2.40. The molecule has 1 aromatic heterocycles. The topological polar surface area (TPSA) is 8.17 Å². The molecule has 2 aliphatic rings. The largest absolute Gasteiger partial charge is 0.310 e. The molecule has 0 fully saturated rings. The molecule has 0 radical (unpaired) electrons. The number of benzene rings is 11. The van der Waals surface area contributed by atoms with Gasteiger partial charge in [-0.1, -0.05) is 200 Å². The van der Waals surface area contributed by atoms with Crippen molar-refractivity contribution in [2.24, 2.45) is 0 Å². The lowest BCUT2D eigenvalue weighted by Crippen LogP contribution is -2.26. The molecule has 0 saturated heterocycles. The number of anilines is 3. The molecule has 338 valence electrons. The molecule has 0 saturated carbocycles. The van der Waals surface area contributed by atoms with Gasteiger partial charge in [-0.3, -0.25) is 0 Å². The van der Waals surface area contributed by atoms with E-state index in [0.717, 1.165) is 39.4 Å². The van der Waals surface area contributed by atoms with Crippen molar-refractivity contribution < 1.29 is 0 Å². The second kappa shape index (κ2) is 16.2. The zero-order valence-electron chi connectivity index (χ0n) is 39.8. The summed E-state index contributed by atoms with van der Waals surface area (Å²) in [5.74, 6) is 0. The van der Waals surface area contributed by atoms with E-state index in [-0.39, 0.29) is 0 Å². The lowest BCUT2D eigenvalue weighted by atomic mass is 9.68. The van der Waals surface area contributed by atoms with E-state index < -0.39 is 5.41 Å². The zero-order chi connectivity index (χ0) is 48.0. The summed E-state index contributed by atoms with van der Waals surface area (Å²) < 4.78 is 2.37. The van der Waals surface area contributed by atoms with Gasteiger partial charge in [0, 0.05) is 33.5 Å². The van der Waals surface area contributed by atoms with Gasteiger partial charge in [0.05, 0.1) is 16.4 Å². The summed E-state index contributed by atoms with van der Waals surface area (Å²) in [7, 11) is 0. The molecule has 1 spiro atoms. The first-order chi connectivity index (χ1) is 36.2. The third-order valence-electron chi connectivity index (χ3n) is 15.7. The van der Waals surface area contributed by atoms with Crippen molar-refractivity contribution in [2.45, 2.75) is 5.41 Å². The molecule has 12 aromatic carbocycles. The molecular weight excluding hydrogens is 881 g/mol. The highest BCUT2D eigenvalue weighted by Crippen LogP contribution is 2.65. The summed E-state index contributed by atoms with van der Waals surface area (Å²) in [5.41, 5.74) is 23.9. The van der Waals surface area contributed by atoms with E-state index >= 15 is 0 Å². The lowest BCUT2D eigenvalue weighted by Gasteiger charge is -2.32. The molecule has 1 atom stereocenters. The third kappa shape index (κ3) is 6.13. The Hall–Kier alpha value is -9.68. The average Bonchev–Trinajstić information content (AvgIpc) is 4.18. The molecule has 73 heavy (non-hydrogen) atoms.